The minimum Gasteiger partial charge on any atom is -0.399 e. The van der Waals surface area contributed by atoms with E-state index >= 15 is 0 Å². The fourth-order valence-corrected chi connectivity index (χ4v) is 2.14. The van der Waals surface area contributed by atoms with E-state index in [0.29, 0.717) is 17.0 Å². The van der Waals surface area contributed by atoms with Crippen LogP contribution in [0.4, 0.5) is 5.69 Å². The van der Waals surface area contributed by atoms with Crippen molar-refractivity contribution in [2.45, 2.75) is 13.8 Å². The Morgan fingerprint density at radius 3 is 2.62 bits per heavy atom. The average molecular weight is 346 g/mol. The fourth-order valence-electron chi connectivity index (χ4n) is 1.76. The van der Waals surface area contributed by atoms with Gasteiger partial charge in [0, 0.05) is 15.7 Å². The van der Waals surface area contributed by atoms with E-state index < -0.39 is 0 Å². The van der Waals surface area contributed by atoms with E-state index in [1.54, 1.807) is 18.2 Å². The molecule has 108 valence electrons. The summed E-state index contributed by atoms with van der Waals surface area (Å²) in [6.07, 6.45) is 0. The van der Waals surface area contributed by atoms with Crippen LogP contribution in [0.15, 0.2) is 52.0 Å². The van der Waals surface area contributed by atoms with Gasteiger partial charge in [-0.25, -0.2) is 5.43 Å². The minimum absolute atomic E-state index is 0.251. The summed E-state index contributed by atoms with van der Waals surface area (Å²) >= 11 is 3.41. The Labute approximate surface area is 132 Å². The van der Waals surface area contributed by atoms with Crippen LogP contribution in [0.3, 0.4) is 0 Å². The predicted octanol–water partition coefficient (Wildman–Crippen LogP) is 3.49. The molecule has 0 radical (unpaired) electrons. The molecule has 2 rings (SSSR count). The van der Waals surface area contributed by atoms with E-state index in [1.165, 1.54) is 0 Å². The lowest BCUT2D eigenvalue weighted by atomic mass is 10.1. The third kappa shape index (κ3) is 3.92. The molecule has 3 N–H and O–H groups in total. The number of carbonyl (C=O) groups is 1. The summed E-state index contributed by atoms with van der Waals surface area (Å²) in [5, 5.41) is 4.11. The summed E-state index contributed by atoms with van der Waals surface area (Å²) in [4.78, 5) is 12.0. The molecule has 0 aliphatic heterocycles. The first-order valence-corrected chi connectivity index (χ1v) is 7.23. The molecule has 0 saturated heterocycles. The third-order valence-corrected chi connectivity index (χ3v) is 3.92. The molecule has 21 heavy (non-hydrogen) atoms. The van der Waals surface area contributed by atoms with E-state index in [-0.39, 0.29) is 5.91 Å². The maximum absolute atomic E-state index is 12.0. The number of hydrogen-bond acceptors (Lipinski definition) is 3. The first-order chi connectivity index (χ1) is 9.97. The summed E-state index contributed by atoms with van der Waals surface area (Å²) < 4.78 is 0.895. The number of rotatable bonds is 3. The SMILES string of the molecule is CC(=NNC(=O)c1ccc(C)c(Br)c1)c1cccc(N)c1. The number of aryl methyl sites for hydroxylation is 1. The summed E-state index contributed by atoms with van der Waals surface area (Å²) in [5.74, 6) is -0.251. The van der Waals surface area contributed by atoms with Gasteiger partial charge in [0.1, 0.15) is 0 Å². The zero-order valence-electron chi connectivity index (χ0n) is 11.9. The van der Waals surface area contributed by atoms with Gasteiger partial charge in [-0.15, -0.1) is 0 Å². The molecule has 0 spiro atoms. The standard InChI is InChI=1S/C16H16BrN3O/c1-10-6-7-13(9-15(10)17)16(21)20-19-11(2)12-4-3-5-14(18)8-12/h3-9H,18H2,1-2H3,(H,20,21). The lowest BCUT2D eigenvalue weighted by molar-refractivity contribution is 0.0955. The second kappa shape index (κ2) is 6.54. The number of amides is 1. The van der Waals surface area contributed by atoms with Crippen molar-refractivity contribution in [1.82, 2.24) is 5.43 Å². The van der Waals surface area contributed by atoms with Crippen molar-refractivity contribution in [2.75, 3.05) is 5.73 Å². The largest absolute Gasteiger partial charge is 0.399 e. The molecular formula is C16H16BrN3O. The monoisotopic (exact) mass is 345 g/mol. The quantitative estimate of drug-likeness (QED) is 0.507. The highest BCUT2D eigenvalue weighted by Gasteiger charge is 2.06. The molecule has 0 aromatic heterocycles. The van der Waals surface area contributed by atoms with Gasteiger partial charge in [-0.3, -0.25) is 4.79 Å². The van der Waals surface area contributed by atoms with Gasteiger partial charge in [-0.05, 0) is 49.2 Å². The van der Waals surface area contributed by atoms with Crippen molar-refractivity contribution in [3.05, 3.63) is 63.6 Å². The number of hydrogen-bond donors (Lipinski definition) is 2. The molecule has 0 aliphatic carbocycles. The number of nitrogens with zero attached hydrogens (tertiary/aromatic N) is 1. The number of hydrazone groups is 1. The normalized spacial score (nSPS) is 11.3. The summed E-state index contributed by atoms with van der Waals surface area (Å²) in [5.41, 5.74) is 12.1. The van der Waals surface area contributed by atoms with Gasteiger partial charge in [0.05, 0.1) is 5.71 Å². The summed E-state index contributed by atoms with van der Waals surface area (Å²) in [6.45, 7) is 3.79. The molecule has 4 nitrogen and oxygen atoms in total. The van der Waals surface area contributed by atoms with Gasteiger partial charge in [-0.2, -0.15) is 5.10 Å². The van der Waals surface area contributed by atoms with Gasteiger partial charge in [0.15, 0.2) is 0 Å². The number of nitrogen functional groups attached to an aromatic ring is 1. The zero-order chi connectivity index (χ0) is 15.4. The number of nitrogens with one attached hydrogen (secondary N) is 1. The van der Waals surface area contributed by atoms with Crippen LogP contribution in [-0.4, -0.2) is 11.6 Å². The zero-order valence-corrected chi connectivity index (χ0v) is 13.4. The van der Waals surface area contributed by atoms with E-state index in [4.69, 9.17) is 5.73 Å². The van der Waals surface area contributed by atoms with Crippen LogP contribution in [0.5, 0.6) is 0 Å². The number of halogens is 1. The van der Waals surface area contributed by atoms with Crippen LogP contribution in [0.2, 0.25) is 0 Å². The van der Waals surface area contributed by atoms with Crippen molar-refractivity contribution >= 4 is 33.2 Å². The second-order valence-corrected chi connectivity index (χ2v) is 5.58. The van der Waals surface area contributed by atoms with Crippen LogP contribution in [0.25, 0.3) is 0 Å². The number of benzene rings is 2. The molecule has 0 fully saturated rings. The van der Waals surface area contributed by atoms with Gasteiger partial charge in [0.25, 0.3) is 5.91 Å². The van der Waals surface area contributed by atoms with E-state index in [2.05, 4.69) is 26.5 Å². The Morgan fingerprint density at radius 1 is 1.19 bits per heavy atom. The van der Waals surface area contributed by atoms with Gasteiger partial charge in [-0.1, -0.05) is 34.1 Å². The third-order valence-electron chi connectivity index (χ3n) is 3.06. The Balaban J connectivity index is 2.12. The lowest BCUT2D eigenvalue weighted by Crippen LogP contribution is -2.19. The topological polar surface area (TPSA) is 67.5 Å². The molecule has 0 aliphatic rings. The van der Waals surface area contributed by atoms with Crippen LogP contribution in [0, 0.1) is 6.92 Å². The maximum Gasteiger partial charge on any atom is 0.271 e. The Bertz CT molecular complexity index is 710. The Hall–Kier alpha value is -2.14. The highest BCUT2D eigenvalue weighted by molar-refractivity contribution is 9.10. The first kappa shape index (κ1) is 15.3. The number of anilines is 1. The highest BCUT2D eigenvalue weighted by Crippen LogP contribution is 2.17. The molecule has 0 unspecified atom stereocenters. The summed E-state index contributed by atoms with van der Waals surface area (Å²) in [7, 11) is 0. The predicted molar refractivity (Wildman–Crippen MR) is 89.4 cm³/mol. The molecular weight excluding hydrogens is 330 g/mol. The molecule has 1 amide bonds. The van der Waals surface area contributed by atoms with E-state index in [9.17, 15) is 4.79 Å². The summed E-state index contributed by atoms with van der Waals surface area (Å²) in [6, 6.07) is 12.8. The molecule has 0 bridgehead atoms. The Morgan fingerprint density at radius 2 is 1.95 bits per heavy atom. The smallest absolute Gasteiger partial charge is 0.271 e. The number of nitrogens with two attached hydrogens (primary N) is 1. The molecule has 0 atom stereocenters. The average Bonchev–Trinajstić information content (AvgIpc) is 2.47. The molecule has 2 aromatic rings. The first-order valence-electron chi connectivity index (χ1n) is 6.44. The van der Waals surface area contributed by atoms with E-state index in [1.807, 2.05) is 38.1 Å². The van der Waals surface area contributed by atoms with Crippen molar-refractivity contribution in [1.29, 1.82) is 0 Å². The van der Waals surface area contributed by atoms with Gasteiger partial charge in [0.2, 0.25) is 0 Å². The Kier molecular flexibility index (Phi) is 4.75. The lowest BCUT2D eigenvalue weighted by Gasteiger charge is -2.05. The number of carbonyl (C=O) groups excluding carboxylic acids is 1. The second-order valence-electron chi connectivity index (χ2n) is 4.73. The van der Waals surface area contributed by atoms with Crippen LogP contribution < -0.4 is 11.2 Å². The van der Waals surface area contributed by atoms with Gasteiger partial charge >= 0.3 is 0 Å². The minimum atomic E-state index is -0.251. The maximum atomic E-state index is 12.0. The van der Waals surface area contributed by atoms with Crippen LogP contribution in [0.1, 0.15) is 28.4 Å². The molecule has 2 aromatic carbocycles. The van der Waals surface area contributed by atoms with Crippen molar-refractivity contribution in [3.8, 4) is 0 Å². The molecule has 0 saturated carbocycles. The van der Waals surface area contributed by atoms with Crippen molar-refractivity contribution in [3.63, 3.8) is 0 Å². The van der Waals surface area contributed by atoms with Gasteiger partial charge < -0.3 is 5.73 Å². The molecule has 0 heterocycles. The molecule has 5 heteroatoms. The van der Waals surface area contributed by atoms with E-state index in [0.717, 1.165) is 15.6 Å². The highest BCUT2D eigenvalue weighted by atomic mass is 79.9. The fraction of sp³-hybridized carbons (Fsp3) is 0.125. The van der Waals surface area contributed by atoms with Crippen molar-refractivity contribution in [2.24, 2.45) is 5.10 Å². The van der Waals surface area contributed by atoms with Crippen LogP contribution in [-0.2, 0) is 0 Å². The van der Waals surface area contributed by atoms with Crippen LogP contribution >= 0.6 is 15.9 Å². The van der Waals surface area contributed by atoms with Crippen molar-refractivity contribution < 1.29 is 4.79 Å².